The van der Waals surface area contributed by atoms with Gasteiger partial charge in [-0.3, -0.25) is 9.59 Å². The lowest BCUT2D eigenvalue weighted by molar-refractivity contribution is -0.154. The van der Waals surface area contributed by atoms with Gasteiger partial charge < -0.3 is 9.47 Å². The fraction of sp³-hybridized carbons (Fsp3) is 0.923. The highest BCUT2D eigenvalue weighted by molar-refractivity contribution is 5.73. The molecule has 0 N–H and O–H groups in total. The van der Waals surface area contributed by atoms with Gasteiger partial charge in [0, 0.05) is 17.3 Å². The van der Waals surface area contributed by atoms with Gasteiger partial charge in [-0.05, 0) is 44.9 Å². The number of rotatable bonds is 12. The molecule has 1 atom stereocenters. The third-order valence-corrected chi connectivity index (χ3v) is 7.44. The van der Waals surface area contributed by atoms with Crippen LogP contribution in [0.15, 0.2) is 0 Å². The van der Waals surface area contributed by atoms with E-state index in [1.54, 1.807) is 0 Å². The van der Waals surface area contributed by atoms with E-state index < -0.39 is 0 Å². The summed E-state index contributed by atoms with van der Waals surface area (Å²) in [5, 5.41) is 0. The van der Waals surface area contributed by atoms with Crippen molar-refractivity contribution in [3.63, 3.8) is 0 Å². The molecule has 0 bridgehead atoms. The molecule has 0 amide bonds. The molecule has 0 saturated heterocycles. The van der Waals surface area contributed by atoms with Gasteiger partial charge in [0.25, 0.3) is 0 Å². The molecule has 4 nitrogen and oxygen atoms in total. The van der Waals surface area contributed by atoms with E-state index in [9.17, 15) is 9.59 Å². The molecule has 174 valence electrons. The normalized spacial score (nSPS) is 21.6. The van der Waals surface area contributed by atoms with Crippen molar-refractivity contribution >= 4 is 11.9 Å². The smallest absolute Gasteiger partial charge is 0.308 e. The first kappa shape index (κ1) is 25.2. The molecule has 2 rings (SSSR count). The lowest BCUT2D eigenvalue weighted by Gasteiger charge is -2.33. The van der Waals surface area contributed by atoms with Crippen LogP contribution < -0.4 is 0 Å². The maximum Gasteiger partial charge on any atom is 0.308 e. The molecule has 0 heterocycles. The van der Waals surface area contributed by atoms with Crippen molar-refractivity contribution in [3.05, 3.63) is 0 Å². The van der Waals surface area contributed by atoms with Crippen molar-refractivity contribution in [1.29, 1.82) is 0 Å². The van der Waals surface area contributed by atoms with Crippen molar-refractivity contribution in [2.45, 2.75) is 124 Å². The van der Waals surface area contributed by atoms with Crippen LogP contribution in [-0.4, -0.2) is 25.2 Å². The fourth-order valence-corrected chi connectivity index (χ4v) is 5.11. The summed E-state index contributed by atoms with van der Waals surface area (Å²) in [6.07, 6.45) is 17.0. The van der Waals surface area contributed by atoms with Gasteiger partial charge in [-0.15, -0.1) is 0 Å². The third-order valence-electron chi connectivity index (χ3n) is 7.44. The Hall–Kier alpha value is -1.06. The van der Waals surface area contributed by atoms with E-state index in [-0.39, 0.29) is 28.7 Å². The Morgan fingerprint density at radius 2 is 1.27 bits per heavy atom. The number of carbonyl (C=O) groups is 2. The molecular formula is C26H46O4. The third kappa shape index (κ3) is 8.98. The molecule has 2 aliphatic carbocycles. The average molecular weight is 423 g/mol. The van der Waals surface area contributed by atoms with Crippen molar-refractivity contribution in [3.8, 4) is 0 Å². The maximum absolute atomic E-state index is 12.7. The molecular weight excluding hydrogens is 376 g/mol. The number of ether oxygens (including phenoxy) is 2. The van der Waals surface area contributed by atoms with E-state index in [0.29, 0.717) is 26.1 Å². The first-order chi connectivity index (χ1) is 14.4. The van der Waals surface area contributed by atoms with Crippen LogP contribution in [0.1, 0.15) is 124 Å². The number of esters is 2. The molecule has 0 aromatic heterocycles. The molecule has 2 saturated carbocycles. The predicted octanol–water partition coefficient (Wildman–Crippen LogP) is 6.99. The summed E-state index contributed by atoms with van der Waals surface area (Å²) in [4.78, 5) is 25.0. The van der Waals surface area contributed by atoms with E-state index in [0.717, 1.165) is 51.4 Å². The van der Waals surface area contributed by atoms with Crippen LogP contribution in [-0.2, 0) is 19.1 Å². The van der Waals surface area contributed by atoms with Gasteiger partial charge in [0.15, 0.2) is 0 Å². The first-order valence-electron chi connectivity index (χ1n) is 12.7. The van der Waals surface area contributed by atoms with Gasteiger partial charge >= 0.3 is 11.9 Å². The maximum atomic E-state index is 12.7. The average Bonchev–Trinajstić information content (AvgIpc) is 2.74. The predicted molar refractivity (Wildman–Crippen MR) is 121 cm³/mol. The zero-order chi connectivity index (χ0) is 21.9. The Kier molecular flexibility index (Phi) is 10.7. The molecule has 0 aliphatic heterocycles. The van der Waals surface area contributed by atoms with Crippen LogP contribution in [0.3, 0.4) is 0 Å². The lowest BCUT2D eigenvalue weighted by atomic mass is 9.76. The molecule has 2 aliphatic rings. The van der Waals surface area contributed by atoms with E-state index in [2.05, 4.69) is 20.8 Å². The highest BCUT2D eigenvalue weighted by atomic mass is 16.5. The van der Waals surface area contributed by atoms with Gasteiger partial charge in [-0.25, -0.2) is 0 Å². The van der Waals surface area contributed by atoms with Gasteiger partial charge in [-0.2, -0.15) is 0 Å². The Morgan fingerprint density at radius 3 is 1.80 bits per heavy atom. The SMILES string of the molecule is CCCCC(CCCC(=O)OCC1(C)CCCCC1)C(=O)OCC1(C)CCCCC1. The molecule has 0 aromatic rings. The van der Waals surface area contributed by atoms with Gasteiger partial charge in [-0.1, -0.05) is 72.1 Å². The highest BCUT2D eigenvalue weighted by Crippen LogP contribution is 2.37. The second-order valence-corrected chi connectivity index (χ2v) is 10.7. The summed E-state index contributed by atoms with van der Waals surface area (Å²) < 4.78 is 11.4. The molecule has 0 spiro atoms. The number of carbonyl (C=O) groups excluding carboxylic acids is 2. The Bertz CT molecular complexity index is 515. The minimum absolute atomic E-state index is 0.0571. The largest absolute Gasteiger partial charge is 0.465 e. The number of hydrogen-bond donors (Lipinski definition) is 0. The van der Waals surface area contributed by atoms with E-state index in [4.69, 9.17) is 9.47 Å². The van der Waals surface area contributed by atoms with Crippen LogP contribution >= 0.6 is 0 Å². The number of hydrogen-bond acceptors (Lipinski definition) is 4. The zero-order valence-electron chi connectivity index (χ0n) is 19.9. The Balaban J connectivity index is 1.70. The van der Waals surface area contributed by atoms with E-state index >= 15 is 0 Å². The quantitative estimate of drug-likeness (QED) is 0.318. The summed E-state index contributed by atoms with van der Waals surface area (Å²) in [6.45, 7) is 7.74. The monoisotopic (exact) mass is 422 g/mol. The molecule has 2 fully saturated rings. The molecule has 1 unspecified atom stereocenters. The Morgan fingerprint density at radius 1 is 0.767 bits per heavy atom. The van der Waals surface area contributed by atoms with E-state index in [1.807, 2.05) is 0 Å². The second-order valence-electron chi connectivity index (χ2n) is 10.7. The standard InChI is InChI=1S/C26H46O4/c1-4-5-13-22(24(28)30-21-26(3)18-10-7-11-19-26)14-12-15-23(27)29-20-25(2)16-8-6-9-17-25/h22H,4-21H2,1-3H3. The number of unbranched alkanes of at least 4 members (excludes halogenated alkanes) is 1. The van der Waals surface area contributed by atoms with Crippen LogP contribution in [0, 0.1) is 16.7 Å². The summed E-state index contributed by atoms with van der Waals surface area (Å²) in [7, 11) is 0. The van der Waals surface area contributed by atoms with Crippen molar-refractivity contribution in [2.75, 3.05) is 13.2 Å². The first-order valence-corrected chi connectivity index (χ1v) is 12.7. The second kappa shape index (κ2) is 12.7. The van der Waals surface area contributed by atoms with Crippen molar-refractivity contribution < 1.29 is 19.1 Å². The van der Waals surface area contributed by atoms with Crippen molar-refractivity contribution in [2.24, 2.45) is 16.7 Å². The summed E-state index contributed by atoms with van der Waals surface area (Å²) in [5.74, 6) is -0.252. The van der Waals surface area contributed by atoms with Crippen LogP contribution in [0.2, 0.25) is 0 Å². The Labute approximate surface area is 184 Å². The van der Waals surface area contributed by atoms with Crippen LogP contribution in [0.5, 0.6) is 0 Å². The van der Waals surface area contributed by atoms with E-state index in [1.165, 1.54) is 38.5 Å². The van der Waals surface area contributed by atoms with Crippen LogP contribution in [0.4, 0.5) is 0 Å². The zero-order valence-corrected chi connectivity index (χ0v) is 19.9. The molecule has 0 aromatic carbocycles. The minimum Gasteiger partial charge on any atom is -0.465 e. The molecule has 4 heteroatoms. The summed E-state index contributed by atoms with van der Waals surface area (Å²) >= 11 is 0. The van der Waals surface area contributed by atoms with Gasteiger partial charge in [0.2, 0.25) is 0 Å². The van der Waals surface area contributed by atoms with Crippen molar-refractivity contribution in [1.82, 2.24) is 0 Å². The summed E-state index contributed by atoms with van der Waals surface area (Å²) in [6, 6.07) is 0. The van der Waals surface area contributed by atoms with Crippen LogP contribution in [0.25, 0.3) is 0 Å². The fourth-order valence-electron chi connectivity index (χ4n) is 5.11. The molecule has 30 heavy (non-hydrogen) atoms. The molecule has 0 radical (unpaired) electrons. The minimum atomic E-state index is -0.112. The van der Waals surface area contributed by atoms with Gasteiger partial charge in [0.1, 0.15) is 0 Å². The highest BCUT2D eigenvalue weighted by Gasteiger charge is 2.30. The topological polar surface area (TPSA) is 52.6 Å². The van der Waals surface area contributed by atoms with Gasteiger partial charge in [0.05, 0.1) is 19.1 Å². The lowest BCUT2D eigenvalue weighted by Crippen LogP contribution is -2.30. The summed E-state index contributed by atoms with van der Waals surface area (Å²) in [5.41, 5.74) is 0.318.